The number of carbonyl (C=O) groups excluding carboxylic acids is 1. The van der Waals surface area contributed by atoms with Crippen molar-refractivity contribution in [3.63, 3.8) is 0 Å². The van der Waals surface area contributed by atoms with Gasteiger partial charge in [-0.1, -0.05) is 91.0 Å². The Hall–Kier alpha value is -3.90. The molecule has 0 atom stereocenters. The lowest BCUT2D eigenvalue weighted by Crippen LogP contribution is -2.43. The fraction of sp³-hybridized carbons (Fsp3) is 0.353. The molecule has 0 saturated carbocycles. The summed E-state index contributed by atoms with van der Waals surface area (Å²) in [5, 5.41) is 0. The molecule has 1 aliphatic rings. The van der Waals surface area contributed by atoms with Gasteiger partial charge in [-0.2, -0.15) is 0 Å². The van der Waals surface area contributed by atoms with Crippen molar-refractivity contribution in [2.45, 2.75) is 64.4 Å². The Kier molecular flexibility index (Phi) is 8.08. The van der Waals surface area contributed by atoms with Gasteiger partial charge in [0.2, 0.25) is 0 Å². The maximum absolute atomic E-state index is 12.4. The highest BCUT2D eigenvalue weighted by Gasteiger charge is 2.39. The predicted octanol–water partition coefficient (Wildman–Crippen LogP) is 6.95. The van der Waals surface area contributed by atoms with E-state index in [4.69, 9.17) is 14.5 Å². The largest absolute Gasteiger partial charge is 0.444 e. The van der Waals surface area contributed by atoms with Crippen molar-refractivity contribution in [2.75, 3.05) is 13.1 Å². The van der Waals surface area contributed by atoms with E-state index >= 15 is 0 Å². The number of aromatic nitrogens is 2. The lowest BCUT2D eigenvalue weighted by Gasteiger charge is -2.38. The van der Waals surface area contributed by atoms with Crippen LogP contribution in [0.2, 0.25) is 0 Å². The normalized spacial score (nSPS) is 14.8. The van der Waals surface area contributed by atoms with Crippen LogP contribution in [0.25, 0.3) is 0 Å². The summed E-state index contributed by atoms with van der Waals surface area (Å²) in [6, 6.07) is 31.9. The maximum Gasteiger partial charge on any atom is 0.410 e. The van der Waals surface area contributed by atoms with Crippen LogP contribution < -0.4 is 0 Å². The van der Waals surface area contributed by atoms with Gasteiger partial charge in [0.1, 0.15) is 17.0 Å². The summed E-state index contributed by atoms with van der Waals surface area (Å²) >= 11 is 0. The molecule has 0 aliphatic carbocycles. The third-order valence-electron chi connectivity index (χ3n) is 7.43. The second-order valence-electron chi connectivity index (χ2n) is 11.4. The summed E-state index contributed by atoms with van der Waals surface area (Å²) in [7, 11) is 0. The molecular formula is C34H39N3O3. The van der Waals surface area contributed by atoms with E-state index in [1.54, 1.807) is 4.90 Å². The van der Waals surface area contributed by atoms with E-state index in [-0.39, 0.29) is 12.2 Å². The van der Waals surface area contributed by atoms with Crippen LogP contribution in [0.5, 0.6) is 0 Å². The van der Waals surface area contributed by atoms with Gasteiger partial charge in [0.15, 0.2) is 0 Å². The summed E-state index contributed by atoms with van der Waals surface area (Å²) in [5.74, 6) is 0.912. The molecule has 0 radical (unpaired) electrons. The van der Waals surface area contributed by atoms with E-state index < -0.39 is 11.1 Å². The van der Waals surface area contributed by atoms with E-state index in [2.05, 4.69) is 109 Å². The average Bonchev–Trinajstić information content (AvgIpc) is 3.34. The standard InChI is InChI=1S/C34H39N3O3/c1-26-35-30(25-39-31-20-22-36(23-21-31)32(38)40-33(2,3)4)24-37(26)34(27-14-8-5-9-15-27,28-16-10-6-11-17-28)29-18-12-7-13-19-29/h5-19,24,31H,20-23,25H2,1-4H3. The first-order valence-electron chi connectivity index (χ1n) is 14.1. The van der Waals surface area contributed by atoms with E-state index in [1.165, 1.54) is 0 Å². The van der Waals surface area contributed by atoms with Gasteiger partial charge in [-0.15, -0.1) is 0 Å². The van der Waals surface area contributed by atoms with Gasteiger partial charge in [-0.25, -0.2) is 9.78 Å². The number of imidazole rings is 1. The number of rotatable bonds is 7. The van der Waals surface area contributed by atoms with E-state index in [9.17, 15) is 4.79 Å². The van der Waals surface area contributed by atoms with Crippen molar-refractivity contribution in [2.24, 2.45) is 0 Å². The van der Waals surface area contributed by atoms with E-state index in [1.807, 2.05) is 20.8 Å². The highest BCUT2D eigenvalue weighted by atomic mass is 16.6. The van der Waals surface area contributed by atoms with Crippen LogP contribution in [0, 0.1) is 6.92 Å². The van der Waals surface area contributed by atoms with E-state index in [0.717, 1.165) is 41.1 Å². The van der Waals surface area contributed by atoms with Crippen LogP contribution in [0.3, 0.4) is 0 Å². The number of aryl methyl sites for hydroxylation is 1. The van der Waals surface area contributed by atoms with Crippen LogP contribution >= 0.6 is 0 Å². The minimum Gasteiger partial charge on any atom is -0.444 e. The van der Waals surface area contributed by atoms with Crippen molar-refractivity contribution < 1.29 is 14.3 Å². The Labute approximate surface area is 237 Å². The van der Waals surface area contributed by atoms with Crippen LogP contribution in [0.1, 0.15) is 61.8 Å². The first-order chi connectivity index (χ1) is 19.3. The number of hydrogen-bond donors (Lipinski definition) is 0. The van der Waals surface area contributed by atoms with Crippen molar-refractivity contribution in [1.29, 1.82) is 0 Å². The van der Waals surface area contributed by atoms with Gasteiger partial charge in [-0.05, 0) is 57.2 Å². The molecule has 5 rings (SSSR count). The zero-order valence-electron chi connectivity index (χ0n) is 23.9. The SMILES string of the molecule is Cc1nc(COC2CCN(C(=O)OC(C)(C)C)CC2)cn1C(c1ccccc1)(c1ccccc1)c1ccccc1. The molecule has 4 aromatic rings. The fourth-order valence-corrected chi connectivity index (χ4v) is 5.63. The number of nitrogens with zero attached hydrogens (tertiary/aromatic N) is 3. The molecule has 1 aromatic heterocycles. The van der Waals surface area contributed by atoms with Crippen LogP contribution in [0.15, 0.2) is 97.2 Å². The molecule has 1 aliphatic heterocycles. The Morgan fingerprint density at radius 2 is 1.30 bits per heavy atom. The summed E-state index contributed by atoms with van der Waals surface area (Å²) in [4.78, 5) is 19.2. The van der Waals surface area contributed by atoms with Crippen molar-refractivity contribution in [1.82, 2.24) is 14.5 Å². The van der Waals surface area contributed by atoms with Crippen molar-refractivity contribution in [3.8, 4) is 0 Å². The molecule has 6 heteroatoms. The third-order valence-corrected chi connectivity index (χ3v) is 7.43. The minimum atomic E-state index is -0.599. The van der Waals surface area contributed by atoms with Gasteiger partial charge in [0.25, 0.3) is 0 Å². The van der Waals surface area contributed by atoms with Gasteiger partial charge in [-0.3, -0.25) is 0 Å². The Morgan fingerprint density at radius 3 is 1.75 bits per heavy atom. The molecule has 208 valence electrons. The topological polar surface area (TPSA) is 56.6 Å². The second-order valence-corrected chi connectivity index (χ2v) is 11.4. The van der Waals surface area contributed by atoms with E-state index in [0.29, 0.717) is 19.7 Å². The number of hydrogen-bond acceptors (Lipinski definition) is 4. The second kappa shape index (κ2) is 11.7. The molecule has 0 bridgehead atoms. The number of benzene rings is 3. The number of carbonyl (C=O) groups is 1. The van der Waals surface area contributed by atoms with Crippen LogP contribution in [-0.2, 0) is 21.6 Å². The molecule has 3 aromatic carbocycles. The molecule has 1 saturated heterocycles. The van der Waals surface area contributed by atoms with Gasteiger partial charge in [0, 0.05) is 19.3 Å². The first kappa shape index (κ1) is 27.7. The number of likely N-dealkylation sites (tertiary alicyclic amines) is 1. The average molecular weight is 538 g/mol. The minimum absolute atomic E-state index is 0.0753. The zero-order chi connectivity index (χ0) is 28.2. The number of piperidine rings is 1. The summed E-state index contributed by atoms with van der Waals surface area (Å²) in [5.41, 5.74) is 3.28. The molecule has 1 amide bonds. The van der Waals surface area contributed by atoms with Gasteiger partial charge < -0.3 is 18.9 Å². The molecule has 0 spiro atoms. The van der Waals surface area contributed by atoms with Crippen LogP contribution in [0.4, 0.5) is 4.79 Å². The molecule has 1 fully saturated rings. The number of ether oxygens (including phenoxy) is 2. The number of amides is 1. The Morgan fingerprint density at radius 1 is 0.825 bits per heavy atom. The van der Waals surface area contributed by atoms with Crippen molar-refractivity contribution in [3.05, 3.63) is 125 Å². The zero-order valence-corrected chi connectivity index (χ0v) is 23.9. The van der Waals surface area contributed by atoms with Gasteiger partial charge >= 0.3 is 6.09 Å². The van der Waals surface area contributed by atoms with Gasteiger partial charge in [0.05, 0.1) is 18.4 Å². The Balaban J connectivity index is 1.41. The highest BCUT2D eigenvalue weighted by Crippen LogP contribution is 2.41. The monoisotopic (exact) mass is 537 g/mol. The first-order valence-corrected chi connectivity index (χ1v) is 14.1. The summed E-state index contributed by atoms with van der Waals surface area (Å²) < 4.78 is 14.2. The maximum atomic E-state index is 12.4. The molecular weight excluding hydrogens is 498 g/mol. The highest BCUT2D eigenvalue weighted by molar-refractivity contribution is 5.68. The lowest BCUT2D eigenvalue weighted by molar-refractivity contribution is -0.0178. The van der Waals surface area contributed by atoms with Crippen molar-refractivity contribution >= 4 is 6.09 Å². The molecule has 2 heterocycles. The molecule has 6 nitrogen and oxygen atoms in total. The quantitative estimate of drug-likeness (QED) is 0.240. The predicted molar refractivity (Wildman–Crippen MR) is 157 cm³/mol. The molecule has 0 N–H and O–H groups in total. The van der Waals surface area contributed by atoms with Crippen LogP contribution in [-0.4, -0.2) is 45.3 Å². The molecule has 40 heavy (non-hydrogen) atoms. The third kappa shape index (κ3) is 5.82. The summed E-state index contributed by atoms with van der Waals surface area (Å²) in [6.07, 6.45) is 3.52. The fourth-order valence-electron chi connectivity index (χ4n) is 5.63. The smallest absolute Gasteiger partial charge is 0.410 e. The summed E-state index contributed by atoms with van der Waals surface area (Å²) in [6.45, 7) is 9.42. The molecule has 0 unspecified atom stereocenters. The Bertz CT molecular complexity index is 1290. The lowest BCUT2D eigenvalue weighted by atomic mass is 9.76.